The highest BCUT2D eigenvalue weighted by molar-refractivity contribution is 9.10. The van der Waals surface area contributed by atoms with Crippen LogP contribution in [-0.2, 0) is 6.42 Å². The van der Waals surface area contributed by atoms with Gasteiger partial charge in [-0.2, -0.15) is 0 Å². The van der Waals surface area contributed by atoms with Gasteiger partial charge in [-0.1, -0.05) is 28.8 Å². The third-order valence-electron chi connectivity index (χ3n) is 4.60. The predicted molar refractivity (Wildman–Crippen MR) is 72.7 cm³/mol. The summed E-state index contributed by atoms with van der Waals surface area (Å²) < 4.78 is 14.1. The van der Waals surface area contributed by atoms with Gasteiger partial charge in [-0.25, -0.2) is 4.39 Å². The van der Waals surface area contributed by atoms with Gasteiger partial charge in [-0.3, -0.25) is 0 Å². The number of fused-ring (bicyclic) bond motifs is 1. The van der Waals surface area contributed by atoms with Crippen LogP contribution in [0.15, 0.2) is 22.7 Å². The molecule has 0 aliphatic heterocycles. The number of halogens is 2. The number of rotatable bonds is 3. The first-order valence-corrected chi connectivity index (χ1v) is 7.58. The maximum atomic E-state index is 13.2. The molecule has 2 fully saturated rings. The van der Waals surface area contributed by atoms with Gasteiger partial charge in [0.25, 0.3) is 0 Å². The minimum Gasteiger partial charge on any atom is -0.392 e. The molecule has 3 heteroatoms. The van der Waals surface area contributed by atoms with Crippen LogP contribution < -0.4 is 0 Å². The van der Waals surface area contributed by atoms with E-state index in [1.807, 2.05) is 0 Å². The van der Waals surface area contributed by atoms with Gasteiger partial charge in [-0.15, -0.1) is 0 Å². The Morgan fingerprint density at radius 2 is 1.94 bits per heavy atom. The first kappa shape index (κ1) is 12.6. The Labute approximate surface area is 116 Å². The highest BCUT2D eigenvalue weighted by Crippen LogP contribution is 2.57. The van der Waals surface area contributed by atoms with Crippen LogP contribution in [0.4, 0.5) is 4.39 Å². The summed E-state index contributed by atoms with van der Waals surface area (Å²) in [4.78, 5) is 0. The molecule has 3 unspecified atom stereocenters. The van der Waals surface area contributed by atoms with Crippen molar-refractivity contribution < 1.29 is 9.50 Å². The summed E-state index contributed by atoms with van der Waals surface area (Å²) >= 11 is 3.43. The molecule has 3 rings (SSSR count). The van der Waals surface area contributed by atoms with E-state index >= 15 is 0 Å². The van der Waals surface area contributed by atoms with E-state index < -0.39 is 0 Å². The first-order valence-electron chi connectivity index (χ1n) is 6.79. The second-order valence-corrected chi connectivity index (χ2v) is 6.55. The zero-order valence-corrected chi connectivity index (χ0v) is 11.9. The van der Waals surface area contributed by atoms with E-state index in [0.717, 1.165) is 21.9 Å². The van der Waals surface area contributed by atoms with Gasteiger partial charge in [0, 0.05) is 4.47 Å². The zero-order valence-electron chi connectivity index (χ0n) is 10.3. The Kier molecular flexibility index (Phi) is 3.46. The fourth-order valence-corrected chi connectivity index (χ4v) is 4.09. The second-order valence-electron chi connectivity index (χ2n) is 5.70. The standard InChI is InChI=1S/C15H18BrFO/c16-13-6-5-10(17)7-9(13)8-14(18)15-11-3-1-2-4-12(11)15/h5-7,11-12,14-15,18H,1-4,8H2. The van der Waals surface area contributed by atoms with E-state index in [4.69, 9.17) is 0 Å². The third kappa shape index (κ3) is 2.35. The van der Waals surface area contributed by atoms with Gasteiger partial charge >= 0.3 is 0 Å². The van der Waals surface area contributed by atoms with Crippen LogP contribution in [0.25, 0.3) is 0 Å². The molecular formula is C15H18BrFO. The van der Waals surface area contributed by atoms with E-state index in [1.54, 1.807) is 6.07 Å². The van der Waals surface area contributed by atoms with Crippen molar-refractivity contribution in [1.82, 2.24) is 0 Å². The number of hydrogen-bond donors (Lipinski definition) is 1. The molecular weight excluding hydrogens is 295 g/mol. The molecule has 0 spiro atoms. The lowest BCUT2D eigenvalue weighted by molar-refractivity contribution is 0.140. The van der Waals surface area contributed by atoms with Crippen LogP contribution in [-0.4, -0.2) is 11.2 Å². The van der Waals surface area contributed by atoms with Crippen molar-refractivity contribution in [2.24, 2.45) is 17.8 Å². The SMILES string of the molecule is OC(Cc1cc(F)ccc1Br)C1C2CCCCC21. The van der Waals surface area contributed by atoms with Crippen LogP contribution >= 0.6 is 15.9 Å². The van der Waals surface area contributed by atoms with Gasteiger partial charge in [-0.05, 0) is 60.8 Å². The van der Waals surface area contributed by atoms with E-state index in [-0.39, 0.29) is 11.9 Å². The molecule has 3 atom stereocenters. The van der Waals surface area contributed by atoms with Crippen molar-refractivity contribution in [3.05, 3.63) is 34.1 Å². The van der Waals surface area contributed by atoms with Crippen molar-refractivity contribution in [3.63, 3.8) is 0 Å². The lowest BCUT2D eigenvalue weighted by atomic mass is 10.0. The normalized spacial score (nSPS) is 31.8. The molecule has 98 valence electrons. The summed E-state index contributed by atoms with van der Waals surface area (Å²) in [6, 6.07) is 4.69. The van der Waals surface area contributed by atoms with E-state index in [2.05, 4.69) is 15.9 Å². The topological polar surface area (TPSA) is 20.2 Å². The smallest absolute Gasteiger partial charge is 0.123 e. The van der Waals surface area contributed by atoms with Gasteiger partial charge in [0.2, 0.25) is 0 Å². The average Bonchev–Trinajstić information content (AvgIpc) is 3.08. The molecule has 1 N–H and O–H groups in total. The molecule has 0 radical (unpaired) electrons. The molecule has 0 saturated heterocycles. The largest absolute Gasteiger partial charge is 0.392 e. The van der Waals surface area contributed by atoms with Gasteiger partial charge in [0.05, 0.1) is 6.10 Å². The maximum absolute atomic E-state index is 13.2. The third-order valence-corrected chi connectivity index (χ3v) is 5.38. The molecule has 0 amide bonds. The van der Waals surface area contributed by atoms with E-state index in [9.17, 15) is 9.50 Å². The van der Waals surface area contributed by atoms with Crippen molar-refractivity contribution >= 4 is 15.9 Å². The Bertz CT molecular complexity index is 436. The lowest BCUT2D eigenvalue weighted by Gasteiger charge is -2.12. The molecule has 0 aromatic heterocycles. The Morgan fingerprint density at radius 1 is 1.28 bits per heavy atom. The monoisotopic (exact) mass is 312 g/mol. The summed E-state index contributed by atoms with van der Waals surface area (Å²) in [6.45, 7) is 0. The summed E-state index contributed by atoms with van der Waals surface area (Å²) in [5.74, 6) is 1.71. The van der Waals surface area contributed by atoms with Gasteiger partial charge in [0.15, 0.2) is 0 Å². The number of benzene rings is 1. The highest BCUT2D eigenvalue weighted by atomic mass is 79.9. The minimum atomic E-state index is -0.309. The van der Waals surface area contributed by atoms with Crippen LogP contribution in [0.2, 0.25) is 0 Å². The minimum absolute atomic E-state index is 0.228. The molecule has 2 saturated carbocycles. The average molecular weight is 313 g/mol. The number of aliphatic hydroxyl groups excluding tert-OH is 1. The molecule has 1 aromatic carbocycles. The molecule has 2 aliphatic rings. The first-order chi connectivity index (χ1) is 8.66. The van der Waals surface area contributed by atoms with Crippen LogP contribution in [0, 0.1) is 23.6 Å². The van der Waals surface area contributed by atoms with Gasteiger partial charge in [0.1, 0.15) is 5.82 Å². The lowest BCUT2D eigenvalue weighted by Crippen LogP contribution is -2.15. The molecule has 0 bridgehead atoms. The molecule has 0 heterocycles. The van der Waals surface area contributed by atoms with Crippen molar-refractivity contribution in [2.75, 3.05) is 0 Å². The predicted octanol–water partition coefficient (Wildman–Crippen LogP) is 3.93. The number of hydrogen-bond acceptors (Lipinski definition) is 1. The van der Waals surface area contributed by atoms with Crippen molar-refractivity contribution in [1.29, 1.82) is 0 Å². The summed E-state index contributed by atoms with van der Waals surface area (Å²) in [7, 11) is 0. The Balaban J connectivity index is 1.67. The van der Waals surface area contributed by atoms with Crippen LogP contribution in [0.1, 0.15) is 31.2 Å². The number of aliphatic hydroxyl groups is 1. The Hall–Kier alpha value is -0.410. The molecule has 2 aliphatic carbocycles. The summed E-state index contributed by atoms with van der Waals surface area (Å²) in [6.07, 6.45) is 5.43. The van der Waals surface area contributed by atoms with Crippen LogP contribution in [0.3, 0.4) is 0 Å². The van der Waals surface area contributed by atoms with Crippen molar-refractivity contribution in [3.8, 4) is 0 Å². The Morgan fingerprint density at radius 3 is 2.61 bits per heavy atom. The summed E-state index contributed by atoms with van der Waals surface area (Å²) in [5.41, 5.74) is 0.881. The quantitative estimate of drug-likeness (QED) is 0.896. The summed E-state index contributed by atoms with van der Waals surface area (Å²) in [5, 5.41) is 10.3. The van der Waals surface area contributed by atoms with Gasteiger partial charge < -0.3 is 5.11 Å². The second kappa shape index (κ2) is 4.93. The van der Waals surface area contributed by atoms with E-state index in [0.29, 0.717) is 12.3 Å². The molecule has 1 aromatic rings. The fourth-order valence-electron chi connectivity index (χ4n) is 3.68. The molecule has 18 heavy (non-hydrogen) atoms. The van der Waals surface area contributed by atoms with E-state index in [1.165, 1.54) is 37.8 Å². The van der Waals surface area contributed by atoms with Crippen LogP contribution in [0.5, 0.6) is 0 Å². The van der Waals surface area contributed by atoms with Crippen molar-refractivity contribution in [2.45, 2.75) is 38.2 Å². The molecule has 1 nitrogen and oxygen atoms in total. The zero-order chi connectivity index (χ0) is 12.7. The highest BCUT2D eigenvalue weighted by Gasteiger charge is 2.53. The maximum Gasteiger partial charge on any atom is 0.123 e. The fraction of sp³-hybridized carbons (Fsp3) is 0.600.